The highest BCUT2D eigenvalue weighted by Gasteiger charge is 2.33. The van der Waals surface area contributed by atoms with Crippen molar-refractivity contribution in [2.75, 3.05) is 6.54 Å². The predicted molar refractivity (Wildman–Crippen MR) is 67.0 cm³/mol. The molecule has 0 heterocycles. The molecule has 1 aliphatic rings. The molecule has 0 saturated heterocycles. The number of carbonyl (C=O) groups is 1. The summed E-state index contributed by atoms with van der Waals surface area (Å²) >= 11 is 0. The Bertz CT molecular complexity index is 251. The van der Waals surface area contributed by atoms with Crippen molar-refractivity contribution in [3.8, 4) is 0 Å². The number of nitrogens with one attached hydrogen (secondary N) is 1. The first-order valence-electron chi connectivity index (χ1n) is 6.28. The van der Waals surface area contributed by atoms with Crippen molar-refractivity contribution >= 4 is 5.91 Å². The van der Waals surface area contributed by atoms with Crippen LogP contribution in [0, 0.1) is 11.3 Å². The van der Waals surface area contributed by atoms with Crippen LogP contribution in [0.4, 0.5) is 0 Å². The molecule has 0 aromatic rings. The zero-order chi connectivity index (χ0) is 12.4. The Balaban J connectivity index is 2.25. The van der Waals surface area contributed by atoms with E-state index < -0.39 is 0 Å². The van der Waals surface area contributed by atoms with Crippen LogP contribution in [0.1, 0.15) is 53.4 Å². The highest BCUT2D eigenvalue weighted by atomic mass is 16.1. The Hall–Kier alpha value is -0.570. The van der Waals surface area contributed by atoms with Gasteiger partial charge >= 0.3 is 0 Å². The summed E-state index contributed by atoms with van der Waals surface area (Å²) in [6.45, 7) is 9.27. The fourth-order valence-electron chi connectivity index (χ4n) is 1.74. The van der Waals surface area contributed by atoms with Crippen LogP contribution in [-0.2, 0) is 4.79 Å². The van der Waals surface area contributed by atoms with E-state index in [-0.39, 0.29) is 16.9 Å². The molecule has 0 radical (unpaired) electrons. The van der Waals surface area contributed by atoms with Crippen LogP contribution >= 0.6 is 0 Å². The summed E-state index contributed by atoms with van der Waals surface area (Å²) in [7, 11) is 0. The second-order valence-electron chi connectivity index (χ2n) is 6.46. The maximum Gasteiger partial charge on any atom is 0.220 e. The second kappa shape index (κ2) is 4.74. The van der Waals surface area contributed by atoms with Gasteiger partial charge < -0.3 is 11.1 Å². The van der Waals surface area contributed by atoms with Crippen LogP contribution in [0.3, 0.4) is 0 Å². The molecular weight excluding hydrogens is 200 g/mol. The van der Waals surface area contributed by atoms with E-state index in [2.05, 4.69) is 33.0 Å². The predicted octanol–water partition coefficient (Wildman–Crippen LogP) is 2.06. The van der Waals surface area contributed by atoms with Gasteiger partial charge in [0.2, 0.25) is 5.91 Å². The third-order valence-electron chi connectivity index (χ3n) is 3.96. The molecule has 1 amide bonds. The first-order valence-corrected chi connectivity index (χ1v) is 6.28. The van der Waals surface area contributed by atoms with Crippen molar-refractivity contribution in [1.29, 1.82) is 0 Å². The molecule has 3 heteroatoms. The van der Waals surface area contributed by atoms with Gasteiger partial charge in [-0.15, -0.1) is 0 Å². The fraction of sp³-hybridized carbons (Fsp3) is 0.923. The number of amides is 1. The van der Waals surface area contributed by atoms with Gasteiger partial charge in [-0.25, -0.2) is 0 Å². The van der Waals surface area contributed by atoms with Crippen molar-refractivity contribution in [3.63, 3.8) is 0 Å². The summed E-state index contributed by atoms with van der Waals surface area (Å²) in [5.74, 6) is 0.529. The summed E-state index contributed by atoms with van der Waals surface area (Å²) in [5, 5.41) is 2.96. The SMILES string of the molecule is CC(CC(=O)NCC1(N)CCC1)C(C)(C)C. The minimum atomic E-state index is -0.110. The largest absolute Gasteiger partial charge is 0.354 e. The van der Waals surface area contributed by atoms with Crippen molar-refractivity contribution in [1.82, 2.24) is 5.32 Å². The Morgan fingerprint density at radius 2 is 2.00 bits per heavy atom. The average molecular weight is 226 g/mol. The van der Waals surface area contributed by atoms with Gasteiger partial charge in [-0.05, 0) is 30.6 Å². The van der Waals surface area contributed by atoms with Gasteiger partial charge in [0.05, 0.1) is 0 Å². The molecule has 1 fully saturated rings. The van der Waals surface area contributed by atoms with E-state index >= 15 is 0 Å². The molecule has 94 valence electrons. The van der Waals surface area contributed by atoms with Gasteiger partial charge in [-0.3, -0.25) is 4.79 Å². The van der Waals surface area contributed by atoms with Crippen molar-refractivity contribution in [2.24, 2.45) is 17.1 Å². The summed E-state index contributed by atoms with van der Waals surface area (Å²) in [4.78, 5) is 11.7. The number of nitrogens with two attached hydrogens (primary N) is 1. The van der Waals surface area contributed by atoms with Gasteiger partial charge in [0.1, 0.15) is 0 Å². The van der Waals surface area contributed by atoms with Crippen LogP contribution in [0.5, 0.6) is 0 Å². The highest BCUT2D eigenvalue weighted by molar-refractivity contribution is 5.76. The molecule has 1 aliphatic carbocycles. The van der Waals surface area contributed by atoms with Gasteiger partial charge in [-0.2, -0.15) is 0 Å². The Labute approximate surface area is 99.2 Å². The van der Waals surface area contributed by atoms with Gasteiger partial charge in [0.25, 0.3) is 0 Å². The molecule has 1 rings (SSSR count). The zero-order valence-corrected chi connectivity index (χ0v) is 11.1. The van der Waals surface area contributed by atoms with E-state index in [1.807, 2.05) is 0 Å². The second-order valence-corrected chi connectivity index (χ2v) is 6.46. The molecule has 0 aromatic carbocycles. The van der Waals surface area contributed by atoms with E-state index in [4.69, 9.17) is 5.73 Å². The van der Waals surface area contributed by atoms with Crippen molar-refractivity contribution in [3.05, 3.63) is 0 Å². The van der Waals surface area contributed by atoms with Crippen LogP contribution in [0.2, 0.25) is 0 Å². The third-order valence-corrected chi connectivity index (χ3v) is 3.96. The van der Waals surface area contributed by atoms with E-state index in [0.29, 0.717) is 18.9 Å². The minimum Gasteiger partial charge on any atom is -0.354 e. The summed E-state index contributed by atoms with van der Waals surface area (Å²) < 4.78 is 0. The van der Waals surface area contributed by atoms with E-state index in [9.17, 15) is 4.79 Å². The number of hydrogen-bond donors (Lipinski definition) is 2. The quantitative estimate of drug-likeness (QED) is 0.771. The van der Waals surface area contributed by atoms with Crippen LogP contribution in [-0.4, -0.2) is 18.0 Å². The molecule has 1 saturated carbocycles. The van der Waals surface area contributed by atoms with Crippen LogP contribution < -0.4 is 11.1 Å². The maximum atomic E-state index is 11.7. The number of carbonyl (C=O) groups excluding carboxylic acids is 1. The molecule has 1 unspecified atom stereocenters. The lowest BCUT2D eigenvalue weighted by molar-refractivity contribution is -0.123. The molecular formula is C13H26N2O. The Morgan fingerprint density at radius 3 is 2.38 bits per heavy atom. The van der Waals surface area contributed by atoms with Crippen molar-refractivity contribution in [2.45, 2.75) is 58.9 Å². The van der Waals surface area contributed by atoms with Gasteiger partial charge in [-0.1, -0.05) is 27.7 Å². The first kappa shape index (κ1) is 13.5. The molecule has 0 bridgehead atoms. The molecule has 0 aromatic heterocycles. The lowest BCUT2D eigenvalue weighted by atomic mass is 9.77. The number of hydrogen-bond acceptors (Lipinski definition) is 2. The van der Waals surface area contributed by atoms with Gasteiger partial charge in [0, 0.05) is 18.5 Å². The van der Waals surface area contributed by atoms with Crippen LogP contribution in [0.15, 0.2) is 0 Å². The maximum absolute atomic E-state index is 11.7. The van der Waals surface area contributed by atoms with Gasteiger partial charge in [0.15, 0.2) is 0 Å². The monoisotopic (exact) mass is 226 g/mol. The molecule has 0 aliphatic heterocycles. The fourth-order valence-corrected chi connectivity index (χ4v) is 1.74. The Morgan fingerprint density at radius 1 is 1.44 bits per heavy atom. The third kappa shape index (κ3) is 3.78. The molecule has 16 heavy (non-hydrogen) atoms. The van der Waals surface area contributed by atoms with Crippen molar-refractivity contribution < 1.29 is 4.79 Å². The average Bonchev–Trinajstić information content (AvgIpc) is 2.10. The minimum absolute atomic E-state index is 0.110. The topological polar surface area (TPSA) is 55.1 Å². The molecule has 0 spiro atoms. The summed E-state index contributed by atoms with van der Waals surface area (Å²) in [6.07, 6.45) is 3.88. The zero-order valence-electron chi connectivity index (χ0n) is 11.1. The standard InChI is InChI=1S/C13H26N2O/c1-10(12(2,3)4)8-11(16)15-9-13(14)6-5-7-13/h10H,5-9,14H2,1-4H3,(H,15,16). The Kier molecular flexibility index (Phi) is 4.00. The lowest BCUT2D eigenvalue weighted by Gasteiger charge is -2.38. The summed E-state index contributed by atoms with van der Waals surface area (Å²) in [6, 6.07) is 0. The number of rotatable bonds is 4. The van der Waals surface area contributed by atoms with Crippen LogP contribution in [0.25, 0.3) is 0 Å². The molecule has 3 N–H and O–H groups in total. The molecule has 3 nitrogen and oxygen atoms in total. The van der Waals surface area contributed by atoms with E-state index in [0.717, 1.165) is 12.8 Å². The molecule has 1 atom stereocenters. The summed E-state index contributed by atoms with van der Waals surface area (Å²) in [5.41, 5.74) is 6.13. The highest BCUT2D eigenvalue weighted by Crippen LogP contribution is 2.29. The first-order chi connectivity index (χ1) is 7.23. The lowest BCUT2D eigenvalue weighted by Crippen LogP contribution is -2.55. The van der Waals surface area contributed by atoms with E-state index in [1.54, 1.807) is 0 Å². The van der Waals surface area contributed by atoms with E-state index in [1.165, 1.54) is 6.42 Å². The smallest absolute Gasteiger partial charge is 0.220 e. The normalized spacial score (nSPS) is 21.1.